The normalized spacial score (nSPS) is 16.7. The molecule has 1 fully saturated rings. The third-order valence-corrected chi connectivity index (χ3v) is 3.76. The molecule has 3 rings (SSSR count). The molecule has 112 valence electrons. The van der Waals surface area contributed by atoms with Gasteiger partial charge in [-0.2, -0.15) is 0 Å². The highest BCUT2D eigenvalue weighted by molar-refractivity contribution is 6.00. The zero-order valence-electron chi connectivity index (χ0n) is 11.5. The Morgan fingerprint density at radius 1 is 1.14 bits per heavy atom. The van der Waals surface area contributed by atoms with E-state index in [0.29, 0.717) is 6.42 Å². The number of rotatable bonds is 2. The van der Waals surface area contributed by atoms with Gasteiger partial charge in [-0.1, -0.05) is 6.42 Å². The van der Waals surface area contributed by atoms with Crippen molar-refractivity contribution < 1.29 is 24.6 Å². The van der Waals surface area contributed by atoms with Gasteiger partial charge in [0, 0.05) is 23.6 Å². The molecule has 21 heavy (non-hydrogen) atoms. The minimum atomic E-state index is -1.83. The van der Waals surface area contributed by atoms with Crippen molar-refractivity contribution in [2.45, 2.75) is 32.1 Å². The van der Waals surface area contributed by atoms with Gasteiger partial charge in [-0.15, -0.1) is 0 Å². The molecule has 0 spiro atoms. The Labute approximate surface area is 121 Å². The molecule has 1 heterocycles. The fraction of sp³-hybridized carbons (Fsp3) is 0.400. The summed E-state index contributed by atoms with van der Waals surface area (Å²) in [7, 11) is 0. The van der Waals surface area contributed by atoms with Crippen LogP contribution in [0.2, 0.25) is 0 Å². The Morgan fingerprint density at radius 3 is 2.38 bits per heavy atom. The summed E-state index contributed by atoms with van der Waals surface area (Å²) in [4.78, 5) is 31.9. The first-order valence-electron chi connectivity index (χ1n) is 6.86. The van der Waals surface area contributed by atoms with Crippen LogP contribution >= 0.6 is 0 Å². The number of carboxylic acid groups (broad SMARTS) is 2. The Balaban J connectivity index is 0.000000361. The molecule has 0 aromatic heterocycles. The summed E-state index contributed by atoms with van der Waals surface area (Å²) in [6.07, 6.45) is 2.68. The van der Waals surface area contributed by atoms with E-state index >= 15 is 0 Å². The monoisotopic (exact) mass is 291 g/mol. The summed E-state index contributed by atoms with van der Waals surface area (Å²) in [5.41, 5.74) is 2.77. The average Bonchev–Trinajstić information content (AvgIpc) is 2.35. The number of anilines is 1. The van der Waals surface area contributed by atoms with E-state index in [0.717, 1.165) is 36.1 Å². The van der Waals surface area contributed by atoms with Gasteiger partial charge in [-0.25, -0.2) is 4.79 Å². The standard InChI is InChI=1S/C14H15NO2.CH2O3/c16-13-7-5-10-8-11(4-6-12(10)15-13)14(17)9-2-1-3-9;2-1(3)4/h4,6,8-9H,1-3,5,7H2,(H,15,16);(H2,2,3,4). The van der Waals surface area contributed by atoms with Crippen LogP contribution in [0, 0.1) is 5.92 Å². The fourth-order valence-electron chi connectivity index (χ4n) is 2.44. The number of carbonyl (C=O) groups is 3. The molecule has 1 saturated carbocycles. The Bertz CT molecular complexity index is 573. The molecule has 0 bridgehead atoms. The largest absolute Gasteiger partial charge is 0.503 e. The Kier molecular flexibility index (Phi) is 4.57. The number of nitrogens with one attached hydrogen (secondary N) is 1. The molecule has 1 aromatic rings. The highest BCUT2D eigenvalue weighted by Crippen LogP contribution is 2.31. The quantitative estimate of drug-likeness (QED) is 0.727. The van der Waals surface area contributed by atoms with Gasteiger partial charge >= 0.3 is 6.16 Å². The van der Waals surface area contributed by atoms with Crippen molar-refractivity contribution in [1.82, 2.24) is 0 Å². The highest BCUT2D eigenvalue weighted by atomic mass is 16.6. The molecule has 1 aliphatic heterocycles. The topological polar surface area (TPSA) is 104 Å². The van der Waals surface area contributed by atoms with E-state index in [1.165, 1.54) is 6.42 Å². The minimum absolute atomic E-state index is 0.0653. The van der Waals surface area contributed by atoms with Crippen LogP contribution in [0.25, 0.3) is 0 Å². The molecule has 0 saturated heterocycles. The maximum absolute atomic E-state index is 12.1. The molecular formula is C15H17NO5. The molecule has 6 nitrogen and oxygen atoms in total. The van der Waals surface area contributed by atoms with Crippen molar-refractivity contribution in [2.24, 2.45) is 5.92 Å². The predicted octanol–water partition coefficient (Wildman–Crippen LogP) is 2.78. The second-order valence-electron chi connectivity index (χ2n) is 5.19. The average molecular weight is 291 g/mol. The molecule has 1 aliphatic carbocycles. The number of ketones is 1. The van der Waals surface area contributed by atoms with Gasteiger partial charge in [0.2, 0.25) is 5.91 Å². The number of benzene rings is 1. The molecule has 0 unspecified atom stereocenters. The van der Waals surface area contributed by atoms with Crippen molar-refractivity contribution in [2.75, 3.05) is 5.32 Å². The predicted molar refractivity (Wildman–Crippen MR) is 75.7 cm³/mol. The van der Waals surface area contributed by atoms with E-state index in [-0.39, 0.29) is 17.6 Å². The van der Waals surface area contributed by atoms with Gasteiger partial charge in [0.05, 0.1) is 0 Å². The van der Waals surface area contributed by atoms with Crippen molar-refractivity contribution in [3.8, 4) is 0 Å². The van der Waals surface area contributed by atoms with E-state index in [9.17, 15) is 9.59 Å². The number of carbonyl (C=O) groups excluding carboxylic acids is 2. The molecule has 2 aliphatic rings. The first kappa shape index (κ1) is 15.0. The van der Waals surface area contributed by atoms with Crippen LogP contribution in [0.3, 0.4) is 0 Å². The van der Waals surface area contributed by atoms with Gasteiger partial charge in [0.1, 0.15) is 0 Å². The molecule has 3 N–H and O–H groups in total. The summed E-state index contributed by atoms with van der Waals surface area (Å²) in [5, 5.41) is 16.8. The molecule has 0 radical (unpaired) electrons. The maximum atomic E-state index is 12.1. The lowest BCUT2D eigenvalue weighted by Crippen LogP contribution is -2.23. The van der Waals surface area contributed by atoms with Gasteiger partial charge in [0.15, 0.2) is 5.78 Å². The summed E-state index contributed by atoms with van der Waals surface area (Å²) in [6, 6.07) is 5.65. The van der Waals surface area contributed by atoms with Crippen molar-refractivity contribution >= 4 is 23.5 Å². The van der Waals surface area contributed by atoms with Crippen LogP contribution in [0.5, 0.6) is 0 Å². The van der Waals surface area contributed by atoms with E-state index in [4.69, 9.17) is 15.0 Å². The lowest BCUT2D eigenvalue weighted by molar-refractivity contribution is -0.116. The van der Waals surface area contributed by atoms with E-state index in [2.05, 4.69) is 5.32 Å². The summed E-state index contributed by atoms with van der Waals surface area (Å²) in [6.45, 7) is 0. The third-order valence-electron chi connectivity index (χ3n) is 3.76. The number of hydrogen-bond acceptors (Lipinski definition) is 3. The van der Waals surface area contributed by atoms with Crippen LogP contribution in [0.15, 0.2) is 18.2 Å². The van der Waals surface area contributed by atoms with Crippen LogP contribution in [0.1, 0.15) is 41.6 Å². The lowest BCUT2D eigenvalue weighted by atomic mass is 9.79. The van der Waals surface area contributed by atoms with Crippen molar-refractivity contribution in [3.05, 3.63) is 29.3 Å². The number of amides is 1. The van der Waals surface area contributed by atoms with E-state index < -0.39 is 6.16 Å². The van der Waals surface area contributed by atoms with Crippen molar-refractivity contribution in [1.29, 1.82) is 0 Å². The van der Waals surface area contributed by atoms with Crippen LogP contribution in [-0.4, -0.2) is 28.1 Å². The number of aryl methyl sites for hydroxylation is 1. The second kappa shape index (κ2) is 6.39. The fourth-order valence-corrected chi connectivity index (χ4v) is 2.44. The summed E-state index contributed by atoms with van der Waals surface area (Å²) >= 11 is 0. The van der Waals surface area contributed by atoms with E-state index in [1.54, 1.807) is 0 Å². The number of hydrogen-bond donors (Lipinski definition) is 3. The third kappa shape index (κ3) is 3.81. The number of fused-ring (bicyclic) bond motifs is 1. The molecule has 6 heteroatoms. The highest BCUT2D eigenvalue weighted by Gasteiger charge is 2.27. The Hall–Kier alpha value is -2.37. The maximum Gasteiger partial charge on any atom is 0.503 e. The Morgan fingerprint density at radius 2 is 1.81 bits per heavy atom. The smallest absolute Gasteiger partial charge is 0.450 e. The van der Waals surface area contributed by atoms with Gasteiger partial charge in [0.25, 0.3) is 0 Å². The van der Waals surface area contributed by atoms with Crippen LogP contribution in [-0.2, 0) is 11.2 Å². The zero-order chi connectivity index (χ0) is 15.4. The zero-order valence-corrected chi connectivity index (χ0v) is 11.5. The second-order valence-corrected chi connectivity index (χ2v) is 5.19. The van der Waals surface area contributed by atoms with Crippen LogP contribution in [0.4, 0.5) is 10.5 Å². The summed E-state index contributed by atoms with van der Waals surface area (Å²) < 4.78 is 0. The molecule has 1 amide bonds. The lowest BCUT2D eigenvalue weighted by Gasteiger charge is -2.24. The minimum Gasteiger partial charge on any atom is -0.450 e. The first-order valence-corrected chi connectivity index (χ1v) is 6.86. The van der Waals surface area contributed by atoms with E-state index in [1.807, 2.05) is 18.2 Å². The molecular weight excluding hydrogens is 274 g/mol. The number of Topliss-reactive ketones (excluding diaryl/α,β-unsaturated/α-hetero) is 1. The summed E-state index contributed by atoms with van der Waals surface area (Å²) in [5.74, 6) is 0.581. The first-order chi connectivity index (χ1) is 9.97. The van der Waals surface area contributed by atoms with Gasteiger partial charge in [-0.05, 0) is 43.0 Å². The van der Waals surface area contributed by atoms with Crippen LogP contribution < -0.4 is 5.32 Å². The molecule has 0 atom stereocenters. The van der Waals surface area contributed by atoms with Gasteiger partial charge < -0.3 is 15.5 Å². The SMILES string of the molecule is O=C(O)O.O=C1CCc2cc(C(=O)C3CCC3)ccc2N1. The molecule has 1 aromatic carbocycles. The van der Waals surface area contributed by atoms with Gasteiger partial charge in [-0.3, -0.25) is 9.59 Å². The van der Waals surface area contributed by atoms with Crippen molar-refractivity contribution in [3.63, 3.8) is 0 Å².